The topological polar surface area (TPSA) is 76.1 Å². The lowest BCUT2D eigenvalue weighted by Gasteiger charge is -2.40. The van der Waals surface area contributed by atoms with Crippen LogP contribution in [0.2, 0.25) is 0 Å². The van der Waals surface area contributed by atoms with Crippen molar-refractivity contribution in [1.82, 2.24) is 0 Å². The van der Waals surface area contributed by atoms with Gasteiger partial charge < -0.3 is 14.6 Å². The van der Waals surface area contributed by atoms with Gasteiger partial charge in [0.05, 0.1) is 30.3 Å². The van der Waals surface area contributed by atoms with Crippen molar-refractivity contribution in [2.75, 3.05) is 6.61 Å². The number of esters is 1. The molecule has 3 aliphatic rings. The van der Waals surface area contributed by atoms with Crippen molar-refractivity contribution in [3.63, 3.8) is 0 Å². The predicted molar refractivity (Wildman–Crippen MR) is 92.8 cm³/mol. The molecular formula is C20H28O5. The van der Waals surface area contributed by atoms with Crippen molar-refractivity contribution < 1.29 is 24.2 Å². The van der Waals surface area contributed by atoms with E-state index in [1.54, 1.807) is 6.08 Å². The molecule has 2 fully saturated rings. The summed E-state index contributed by atoms with van der Waals surface area (Å²) in [6.07, 6.45) is 6.81. The molecule has 0 bridgehead atoms. The molecule has 1 aliphatic carbocycles. The monoisotopic (exact) mass is 348 g/mol. The summed E-state index contributed by atoms with van der Waals surface area (Å²) in [7, 11) is 0. The number of ether oxygens (including phenoxy) is 2. The largest absolute Gasteiger partial charge is 0.465 e. The molecule has 6 atom stereocenters. The lowest BCUT2D eigenvalue weighted by Crippen LogP contribution is -2.47. The Morgan fingerprint density at radius 3 is 2.88 bits per heavy atom. The molecule has 0 aromatic rings. The van der Waals surface area contributed by atoms with Gasteiger partial charge in [0.2, 0.25) is 0 Å². The maximum Gasteiger partial charge on any atom is 0.313 e. The molecule has 5 heteroatoms. The summed E-state index contributed by atoms with van der Waals surface area (Å²) in [5.74, 6) is -1.32. The van der Waals surface area contributed by atoms with Gasteiger partial charge in [-0.15, -0.1) is 0 Å². The van der Waals surface area contributed by atoms with Gasteiger partial charge in [0.25, 0.3) is 0 Å². The minimum atomic E-state index is -0.689. The van der Waals surface area contributed by atoms with E-state index in [2.05, 4.69) is 19.9 Å². The number of rotatable bonds is 4. The number of hydrogen-bond acceptors (Lipinski definition) is 5. The van der Waals surface area contributed by atoms with Crippen LogP contribution in [0.1, 0.15) is 46.5 Å². The molecule has 5 nitrogen and oxygen atoms in total. The second kappa shape index (κ2) is 7.04. The Balaban J connectivity index is 1.90. The number of epoxide rings is 1. The van der Waals surface area contributed by atoms with Crippen LogP contribution in [0.15, 0.2) is 23.3 Å². The van der Waals surface area contributed by atoms with Crippen molar-refractivity contribution in [3.05, 3.63) is 23.3 Å². The summed E-state index contributed by atoms with van der Waals surface area (Å²) >= 11 is 0. The average molecular weight is 348 g/mol. The molecule has 0 saturated carbocycles. The zero-order valence-corrected chi connectivity index (χ0v) is 15.2. The van der Waals surface area contributed by atoms with Gasteiger partial charge in [-0.25, -0.2) is 0 Å². The quantitative estimate of drug-likeness (QED) is 0.366. The molecule has 0 spiro atoms. The van der Waals surface area contributed by atoms with Crippen LogP contribution in [0, 0.1) is 17.8 Å². The van der Waals surface area contributed by atoms with Crippen LogP contribution in [0.25, 0.3) is 0 Å². The smallest absolute Gasteiger partial charge is 0.313 e. The summed E-state index contributed by atoms with van der Waals surface area (Å²) in [6.45, 7) is 6.41. The second-order valence-corrected chi connectivity index (χ2v) is 8.05. The van der Waals surface area contributed by atoms with Crippen molar-refractivity contribution >= 4 is 12.3 Å². The number of carbonyl (C=O) groups excluding carboxylic acids is 2. The number of aliphatic hydroxyl groups is 1. The maximum absolute atomic E-state index is 12.4. The fourth-order valence-electron chi connectivity index (χ4n) is 4.39. The van der Waals surface area contributed by atoms with Gasteiger partial charge in [0.15, 0.2) is 0 Å². The minimum Gasteiger partial charge on any atom is -0.465 e. The summed E-state index contributed by atoms with van der Waals surface area (Å²) < 4.78 is 11.1. The molecule has 0 aromatic heterocycles. The highest BCUT2D eigenvalue weighted by molar-refractivity contribution is 5.88. The van der Waals surface area contributed by atoms with Crippen LogP contribution < -0.4 is 0 Å². The van der Waals surface area contributed by atoms with Gasteiger partial charge in [-0.1, -0.05) is 17.7 Å². The van der Waals surface area contributed by atoms with Gasteiger partial charge in [0.1, 0.15) is 6.29 Å². The fraction of sp³-hybridized carbons (Fsp3) is 0.700. The standard InChI is InChI=1S/C20H28O5/c1-12(2)5-4-6-14-11-24-19(23)18-13(10-21)7-8-16-20(3,25-16)9-15(22)17(14)18/h5,7,10,14-18,22H,4,6,8-9,11H2,1-3H3/b13-7-/t14?,15-,16-,17-,18-,20-/m0/s1. The summed E-state index contributed by atoms with van der Waals surface area (Å²) in [4.78, 5) is 24.1. The highest BCUT2D eigenvalue weighted by atomic mass is 16.6. The Kier molecular flexibility index (Phi) is 5.16. The van der Waals surface area contributed by atoms with E-state index in [1.807, 2.05) is 6.92 Å². The van der Waals surface area contributed by atoms with E-state index >= 15 is 0 Å². The van der Waals surface area contributed by atoms with Crippen LogP contribution in [-0.4, -0.2) is 41.8 Å². The van der Waals surface area contributed by atoms with Crippen LogP contribution >= 0.6 is 0 Å². The molecule has 25 heavy (non-hydrogen) atoms. The zero-order valence-electron chi connectivity index (χ0n) is 15.2. The average Bonchev–Trinajstić information content (AvgIpc) is 3.17. The van der Waals surface area contributed by atoms with Gasteiger partial charge in [0, 0.05) is 17.9 Å². The Labute approximate surface area is 149 Å². The van der Waals surface area contributed by atoms with Crippen molar-refractivity contribution in [2.24, 2.45) is 17.8 Å². The number of aldehydes is 1. The van der Waals surface area contributed by atoms with E-state index in [-0.39, 0.29) is 29.5 Å². The number of cyclic esters (lactones) is 1. The Hall–Kier alpha value is -1.46. The summed E-state index contributed by atoms with van der Waals surface area (Å²) in [6, 6.07) is 0. The van der Waals surface area contributed by atoms with E-state index in [4.69, 9.17) is 9.47 Å². The summed E-state index contributed by atoms with van der Waals surface area (Å²) in [5.41, 5.74) is 1.32. The molecule has 0 amide bonds. The first kappa shape index (κ1) is 18.3. The first-order valence-corrected chi connectivity index (χ1v) is 9.17. The normalized spacial score (nSPS) is 42.3. The van der Waals surface area contributed by atoms with Gasteiger partial charge in [-0.05, 0) is 46.0 Å². The first-order valence-electron chi connectivity index (χ1n) is 9.17. The SMILES string of the molecule is CC(C)=CCCC1COC(=O)[C@H]2/C(C=O)=C\C[C@@H]3O[C@@]3(C)C[C@H](O)[C@H]12. The molecule has 138 valence electrons. The molecule has 3 rings (SSSR count). The third-order valence-electron chi connectivity index (χ3n) is 5.87. The van der Waals surface area contributed by atoms with Crippen molar-refractivity contribution in [2.45, 2.75) is 64.3 Å². The number of allylic oxidation sites excluding steroid dienone is 2. The lowest BCUT2D eigenvalue weighted by molar-refractivity contribution is -0.165. The van der Waals surface area contributed by atoms with Gasteiger partial charge in [-0.3, -0.25) is 9.59 Å². The predicted octanol–water partition coefficient (Wildman–Crippen LogP) is 2.58. The highest BCUT2D eigenvalue weighted by Crippen LogP contribution is 2.48. The van der Waals surface area contributed by atoms with E-state index in [0.717, 1.165) is 19.1 Å². The Morgan fingerprint density at radius 1 is 1.44 bits per heavy atom. The number of aliphatic hydroxyl groups excluding tert-OH is 1. The number of fused-ring (bicyclic) bond motifs is 2. The number of carbonyl (C=O) groups is 2. The molecule has 0 radical (unpaired) electrons. The Morgan fingerprint density at radius 2 is 2.20 bits per heavy atom. The number of hydrogen-bond donors (Lipinski definition) is 1. The van der Waals surface area contributed by atoms with Gasteiger partial charge in [-0.2, -0.15) is 0 Å². The Bertz CT molecular complexity index is 603. The van der Waals surface area contributed by atoms with E-state index in [1.165, 1.54) is 5.57 Å². The van der Waals surface area contributed by atoms with E-state index in [9.17, 15) is 14.7 Å². The fourth-order valence-corrected chi connectivity index (χ4v) is 4.39. The van der Waals surface area contributed by atoms with Crippen molar-refractivity contribution in [1.29, 1.82) is 0 Å². The molecule has 2 saturated heterocycles. The third-order valence-corrected chi connectivity index (χ3v) is 5.87. The molecule has 2 heterocycles. The van der Waals surface area contributed by atoms with Gasteiger partial charge >= 0.3 is 5.97 Å². The van der Waals surface area contributed by atoms with E-state index < -0.39 is 12.0 Å². The van der Waals surface area contributed by atoms with E-state index in [0.29, 0.717) is 25.0 Å². The lowest BCUT2D eigenvalue weighted by atomic mass is 9.70. The minimum absolute atomic E-state index is 0.0115. The first-order chi connectivity index (χ1) is 11.9. The summed E-state index contributed by atoms with van der Waals surface area (Å²) in [5, 5.41) is 11.0. The molecule has 1 N–H and O–H groups in total. The highest BCUT2D eigenvalue weighted by Gasteiger charge is 2.56. The van der Waals surface area contributed by atoms with Crippen LogP contribution in [-0.2, 0) is 19.1 Å². The zero-order chi connectivity index (χ0) is 18.2. The van der Waals surface area contributed by atoms with Crippen LogP contribution in [0.5, 0.6) is 0 Å². The third kappa shape index (κ3) is 3.72. The van der Waals surface area contributed by atoms with Crippen molar-refractivity contribution in [3.8, 4) is 0 Å². The van der Waals surface area contributed by atoms with Crippen LogP contribution in [0.3, 0.4) is 0 Å². The second-order valence-electron chi connectivity index (χ2n) is 8.05. The molecule has 0 aromatic carbocycles. The molecule has 2 aliphatic heterocycles. The maximum atomic E-state index is 12.4. The molecular weight excluding hydrogens is 320 g/mol. The van der Waals surface area contributed by atoms with Crippen LogP contribution in [0.4, 0.5) is 0 Å². The molecule has 1 unspecified atom stereocenters.